The molecule has 2 nitrogen and oxygen atoms in total. The van der Waals surface area contributed by atoms with Crippen molar-refractivity contribution in [3.05, 3.63) is 23.7 Å². The van der Waals surface area contributed by atoms with Gasteiger partial charge in [0.25, 0.3) is 0 Å². The molecule has 0 heterocycles. The van der Waals surface area contributed by atoms with E-state index in [2.05, 4.69) is 53.7 Å². The number of rotatable bonds is 6. The molecule has 0 atom stereocenters. The monoisotopic (exact) mass is 336 g/mol. The molecule has 0 bridgehead atoms. The minimum atomic E-state index is -2.32. The van der Waals surface area contributed by atoms with Gasteiger partial charge in [0, 0.05) is 23.9 Å². The van der Waals surface area contributed by atoms with Crippen molar-refractivity contribution in [3.63, 3.8) is 0 Å². The summed E-state index contributed by atoms with van der Waals surface area (Å²) >= 11 is 0. The molecule has 2 aliphatic rings. The SMILES string of the molecule is CC(C)[Si](OC1=CCCCC1)(OC1=CCCC(C)(C)C1)C(C)C. The van der Waals surface area contributed by atoms with Crippen LogP contribution in [0.5, 0.6) is 0 Å². The second-order valence-corrected chi connectivity index (χ2v) is 12.9. The van der Waals surface area contributed by atoms with Crippen molar-refractivity contribution in [3.8, 4) is 0 Å². The Morgan fingerprint density at radius 1 is 0.913 bits per heavy atom. The first-order valence-corrected chi connectivity index (χ1v) is 11.5. The van der Waals surface area contributed by atoms with Gasteiger partial charge in [0.1, 0.15) is 0 Å². The molecule has 0 fully saturated rings. The molecule has 23 heavy (non-hydrogen) atoms. The summed E-state index contributed by atoms with van der Waals surface area (Å²) in [5.74, 6) is 2.38. The quantitative estimate of drug-likeness (QED) is 0.495. The van der Waals surface area contributed by atoms with E-state index in [1.165, 1.54) is 30.8 Å². The molecule has 132 valence electrons. The molecule has 0 saturated carbocycles. The molecule has 0 unspecified atom stereocenters. The van der Waals surface area contributed by atoms with Gasteiger partial charge in [-0.1, -0.05) is 41.5 Å². The van der Waals surface area contributed by atoms with Crippen LogP contribution in [-0.2, 0) is 8.85 Å². The first-order valence-electron chi connectivity index (χ1n) is 9.51. The topological polar surface area (TPSA) is 18.5 Å². The van der Waals surface area contributed by atoms with Crippen LogP contribution in [0, 0.1) is 5.41 Å². The van der Waals surface area contributed by atoms with E-state index in [4.69, 9.17) is 8.85 Å². The van der Waals surface area contributed by atoms with Gasteiger partial charge < -0.3 is 8.85 Å². The Hall–Kier alpha value is -0.703. The molecule has 2 rings (SSSR count). The molecular weight excluding hydrogens is 300 g/mol. The summed E-state index contributed by atoms with van der Waals surface area (Å²) in [4.78, 5) is 0. The third-order valence-electron chi connectivity index (χ3n) is 5.29. The number of hydrogen-bond acceptors (Lipinski definition) is 2. The highest BCUT2D eigenvalue weighted by atomic mass is 28.4. The molecule has 0 saturated heterocycles. The lowest BCUT2D eigenvalue weighted by atomic mass is 9.80. The summed E-state index contributed by atoms with van der Waals surface area (Å²) in [5, 5.41) is 0. The Labute approximate surface area is 144 Å². The molecule has 2 aliphatic carbocycles. The molecule has 0 spiro atoms. The molecule has 0 aromatic carbocycles. The predicted octanol–water partition coefficient (Wildman–Crippen LogP) is 6.83. The highest BCUT2D eigenvalue weighted by molar-refractivity contribution is 6.70. The molecule has 0 N–H and O–H groups in total. The van der Waals surface area contributed by atoms with Gasteiger partial charge in [-0.25, -0.2) is 0 Å². The van der Waals surface area contributed by atoms with Crippen molar-refractivity contribution < 1.29 is 8.85 Å². The van der Waals surface area contributed by atoms with Gasteiger partial charge in [-0.05, 0) is 49.7 Å². The molecular formula is C20H36O2Si. The van der Waals surface area contributed by atoms with Gasteiger partial charge in [-0.3, -0.25) is 0 Å². The first-order chi connectivity index (χ1) is 10.8. The third kappa shape index (κ3) is 4.65. The van der Waals surface area contributed by atoms with Crippen molar-refractivity contribution in [2.45, 2.75) is 97.6 Å². The maximum absolute atomic E-state index is 6.78. The number of allylic oxidation sites excluding steroid dienone is 4. The smallest absolute Gasteiger partial charge is 0.465 e. The van der Waals surface area contributed by atoms with E-state index in [0.717, 1.165) is 25.7 Å². The number of hydrogen-bond donors (Lipinski definition) is 0. The second kappa shape index (κ2) is 7.46. The fourth-order valence-electron chi connectivity index (χ4n) is 3.80. The summed E-state index contributed by atoms with van der Waals surface area (Å²) in [6.07, 6.45) is 12.8. The Morgan fingerprint density at radius 3 is 2.04 bits per heavy atom. The fourth-order valence-corrected chi connectivity index (χ4v) is 7.28. The van der Waals surface area contributed by atoms with E-state index in [1.807, 2.05) is 0 Å². The zero-order valence-electron chi connectivity index (χ0n) is 16.1. The summed E-state index contributed by atoms with van der Waals surface area (Å²) in [6.45, 7) is 13.8. The van der Waals surface area contributed by atoms with Gasteiger partial charge >= 0.3 is 8.56 Å². The van der Waals surface area contributed by atoms with E-state index in [0.29, 0.717) is 16.5 Å². The highest BCUT2D eigenvalue weighted by Crippen LogP contribution is 2.43. The van der Waals surface area contributed by atoms with Gasteiger partial charge in [0.05, 0.1) is 11.5 Å². The van der Waals surface area contributed by atoms with Gasteiger partial charge in [0.2, 0.25) is 0 Å². The fraction of sp³-hybridized carbons (Fsp3) is 0.800. The average Bonchev–Trinajstić information content (AvgIpc) is 2.46. The maximum Gasteiger partial charge on any atom is 0.465 e. The Morgan fingerprint density at radius 2 is 1.52 bits per heavy atom. The van der Waals surface area contributed by atoms with E-state index in [9.17, 15) is 0 Å². The van der Waals surface area contributed by atoms with E-state index >= 15 is 0 Å². The van der Waals surface area contributed by atoms with Crippen molar-refractivity contribution in [2.24, 2.45) is 5.41 Å². The largest absolute Gasteiger partial charge is 0.516 e. The zero-order valence-corrected chi connectivity index (χ0v) is 17.1. The first kappa shape index (κ1) is 18.6. The van der Waals surface area contributed by atoms with Crippen LogP contribution < -0.4 is 0 Å². The lowest BCUT2D eigenvalue weighted by Crippen LogP contribution is -2.48. The van der Waals surface area contributed by atoms with Crippen LogP contribution in [0.2, 0.25) is 11.1 Å². The lowest BCUT2D eigenvalue weighted by Gasteiger charge is -2.41. The van der Waals surface area contributed by atoms with Crippen LogP contribution in [0.3, 0.4) is 0 Å². The van der Waals surface area contributed by atoms with Gasteiger partial charge in [-0.15, -0.1) is 0 Å². The molecule has 0 aromatic heterocycles. The Balaban J connectivity index is 2.22. The lowest BCUT2D eigenvalue weighted by molar-refractivity contribution is 0.189. The minimum Gasteiger partial charge on any atom is -0.516 e. The van der Waals surface area contributed by atoms with Crippen LogP contribution in [0.4, 0.5) is 0 Å². The van der Waals surface area contributed by atoms with Crippen molar-refractivity contribution in [1.29, 1.82) is 0 Å². The molecule has 0 aromatic rings. The van der Waals surface area contributed by atoms with Gasteiger partial charge in [0.15, 0.2) is 0 Å². The maximum atomic E-state index is 6.78. The summed E-state index contributed by atoms with van der Waals surface area (Å²) in [5.41, 5.74) is 1.23. The average molecular weight is 337 g/mol. The Bertz CT molecular complexity index is 452. The van der Waals surface area contributed by atoms with Crippen LogP contribution in [0.1, 0.15) is 86.5 Å². The zero-order chi connectivity index (χ0) is 17.1. The summed E-state index contributed by atoms with van der Waals surface area (Å²) < 4.78 is 13.5. The highest BCUT2D eigenvalue weighted by Gasteiger charge is 2.50. The van der Waals surface area contributed by atoms with Crippen LogP contribution in [0.25, 0.3) is 0 Å². The van der Waals surface area contributed by atoms with Crippen molar-refractivity contribution in [2.75, 3.05) is 0 Å². The van der Waals surface area contributed by atoms with E-state index < -0.39 is 8.56 Å². The molecule has 3 heteroatoms. The van der Waals surface area contributed by atoms with E-state index in [-0.39, 0.29) is 0 Å². The van der Waals surface area contributed by atoms with E-state index in [1.54, 1.807) is 0 Å². The second-order valence-electron chi connectivity index (χ2n) is 8.70. The standard InChI is InChI=1S/C20H36O2Si/c1-16(2)23(17(3)4,21-18-11-8-7-9-12-18)22-19-13-10-14-20(5,6)15-19/h11,13,16-17H,7-10,12,14-15H2,1-6H3. The summed E-state index contributed by atoms with van der Waals surface area (Å²) in [7, 11) is -2.32. The summed E-state index contributed by atoms with van der Waals surface area (Å²) in [6, 6.07) is 0. The molecule has 0 radical (unpaired) electrons. The van der Waals surface area contributed by atoms with Crippen molar-refractivity contribution in [1.82, 2.24) is 0 Å². The van der Waals surface area contributed by atoms with Crippen LogP contribution >= 0.6 is 0 Å². The van der Waals surface area contributed by atoms with Crippen LogP contribution in [-0.4, -0.2) is 8.56 Å². The molecule has 0 amide bonds. The normalized spacial score (nSPS) is 21.9. The van der Waals surface area contributed by atoms with Crippen LogP contribution in [0.15, 0.2) is 23.7 Å². The van der Waals surface area contributed by atoms with Gasteiger partial charge in [-0.2, -0.15) is 0 Å². The van der Waals surface area contributed by atoms with Crippen molar-refractivity contribution >= 4 is 8.56 Å². The third-order valence-corrected chi connectivity index (χ3v) is 9.67. The predicted molar refractivity (Wildman–Crippen MR) is 100 cm³/mol. The molecule has 0 aliphatic heterocycles. The Kier molecular flexibility index (Phi) is 6.04. The minimum absolute atomic E-state index is 0.349.